The Morgan fingerprint density at radius 2 is 1.52 bits per heavy atom. The summed E-state index contributed by atoms with van der Waals surface area (Å²) in [5.41, 5.74) is -0.278. The lowest BCUT2D eigenvalue weighted by molar-refractivity contribution is -0.159. The summed E-state index contributed by atoms with van der Waals surface area (Å²) in [5.74, 6) is -3.19. The Kier molecular flexibility index (Phi) is 9.09. The van der Waals surface area contributed by atoms with Crippen LogP contribution in [0.3, 0.4) is 0 Å². The standard InChI is InChI=1S/C17H23F3N2O.C2H2O4/c1-13(2)11-16(23)22-9-7-21(8-10-22)12-14-5-3-4-6-15(14)17(18,19)20;3-1(4)2(5)6/h3-6,13H,7-12H2,1-2H3;(H,3,4)(H,5,6). The molecule has 0 radical (unpaired) electrons. The van der Waals surface area contributed by atoms with Crippen molar-refractivity contribution >= 4 is 17.8 Å². The number of hydrogen-bond donors (Lipinski definition) is 2. The van der Waals surface area contributed by atoms with Crippen molar-refractivity contribution in [3.8, 4) is 0 Å². The van der Waals surface area contributed by atoms with Gasteiger partial charge in [-0.15, -0.1) is 0 Å². The second-order valence-electron chi connectivity index (χ2n) is 7.02. The van der Waals surface area contributed by atoms with Gasteiger partial charge in [-0.05, 0) is 17.5 Å². The molecule has 0 bridgehead atoms. The van der Waals surface area contributed by atoms with Crippen molar-refractivity contribution in [2.75, 3.05) is 26.2 Å². The van der Waals surface area contributed by atoms with E-state index in [0.717, 1.165) is 6.07 Å². The number of carbonyl (C=O) groups is 3. The van der Waals surface area contributed by atoms with Gasteiger partial charge in [0.25, 0.3) is 0 Å². The fourth-order valence-electron chi connectivity index (χ4n) is 2.81. The lowest BCUT2D eigenvalue weighted by Crippen LogP contribution is -2.48. The van der Waals surface area contributed by atoms with E-state index in [0.29, 0.717) is 44.1 Å². The zero-order valence-electron chi connectivity index (χ0n) is 16.3. The van der Waals surface area contributed by atoms with E-state index in [1.807, 2.05) is 23.6 Å². The number of amides is 1. The predicted molar refractivity (Wildman–Crippen MR) is 98.0 cm³/mol. The number of halogens is 3. The average molecular weight is 418 g/mol. The van der Waals surface area contributed by atoms with Gasteiger partial charge >= 0.3 is 18.1 Å². The van der Waals surface area contributed by atoms with Crippen LogP contribution in [0.2, 0.25) is 0 Å². The van der Waals surface area contributed by atoms with E-state index in [-0.39, 0.29) is 12.5 Å². The van der Waals surface area contributed by atoms with Gasteiger partial charge in [-0.2, -0.15) is 13.2 Å². The Bertz CT molecular complexity index is 702. The predicted octanol–water partition coefficient (Wildman–Crippen LogP) is 2.55. The summed E-state index contributed by atoms with van der Waals surface area (Å²) in [7, 11) is 0. The molecule has 1 amide bonds. The molecule has 1 aliphatic heterocycles. The van der Waals surface area contributed by atoms with E-state index >= 15 is 0 Å². The molecule has 1 aromatic rings. The first-order valence-electron chi connectivity index (χ1n) is 9.03. The second-order valence-corrected chi connectivity index (χ2v) is 7.02. The van der Waals surface area contributed by atoms with E-state index in [1.54, 1.807) is 6.07 Å². The van der Waals surface area contributed by atoms with Crippen LogP contribution in [0.1, 0.15) is 31.4 Å². The minimum atomic E-state index is -4.33. The van der Waals surface area contributed by atoms with Crippen molar-refractivity contribution in [3.63, 3.8) is 0 Å². The number of nitrogens with zero attached hydrogens (tertiary/aromatic N) is 2. The smallest absolute Gasteiger partial charge is 0.416 e. The van der Waals surface area contributed by atoms with Crippen molar-refractivity contribution in [2.45, 2.75) is 33.0 Å². The zero-order valence-corrected chi connectivity index (χ0v) is 16.3. The summed E-state index contributed by atoms with van der Waals surface area (Å²) in [6.07, 6.45) is -3.80. The maximum absolute atomic E-state index is 13.0. The van der Waals surface area contributed by atoms with Crippen LogP contribution in [-0.2, 0) is 27.1 Å². The molecule has 0 unspecified atom stereocenters. The van der Waals surface area contributed by atoms with Crippen molar-refractivity contribution < 1.29 is 37.8 Å². The Morgan fingerprint density at radius 3 is 1.97 bits per heavy atom. The highest BCUT2D eigenvalue weighted by atomic mass is 19.4. The van der Waals surface area contributed by atoms with Gasteiger partial charge in [-0.1, -0.05) is 32.0 Å². The number of carbonyl (C=O) groups excluding carboxylic acids is 1. The number of carboxylic acids is 2. The molecule has 1 saturated heterocycles. The minimum absolute atomic E-state index is 0.135. The first kappa shape index (κ1) is 24.4. The number of benzene rings is 1. The van der Waals surface area contributed by atoms with Crippen molar-refractivity contribution in [1.29, 1.82) is 0 Å². The third-order valence-corrected chi connectivity index (χ3v) is 4.21. The SMILES string of the molecule is CC(C)CC(=O)N1CCN(Cc2ccccc2C(F)(F)F)CC1.O=C(O)C(=O)O. The van der Waals surface area contributed by atoms with Crippen molar-refractivity contribution in [3.05, 3.63) is 35.4 Å². The highest BCUT2D eigenvalue weighted by Crippen LogP contribution is 2.32. The van der Waals surface area contributed by atoms with Crippen molar-refractivity contribution in [1.82, 2.24) is 9.80 Å². The van der Waals surface area contributed by atoms with Gasteiger partial charge in [0.2, 0.25) is 5.91 Å². The minimum Gasteiger partial charge on any atom is -0.473 e. The van der Waals surface area contributed by atoms with Crippen LogP contribution in [-0.4, -0.2) is 64.0 Å². The molecule has 0 atom stereocenters. The van der Waals surface area contributed by atoms with Crippen LogP contribution in [0.15, 0.2) is 24.3 Å². The quantitative estimate of drug-likeness (QED) is 0.730. The molecule has 1 heterocycles. The molecule has 1 aromatic carbocycles. The zero-order chi connectivity index (χ0) is 22.2. The fourth-order valence-corrected chi connectivity index (χ4v) is 2.81. The molecule has 0 aromatic heterocycles. The van der Waals surface area contributed by atoms with E-state index in [1.165, 1.54) is 12.1 Å². The molecular formula is C19H25F3N2O5. The van der Waals surface area contributed by atoms with Gasteiger partial charge in [0.05, 0.1) is 5.56 Å². The Balaban J connectivity index is 0.000000612. The monoisotopic (exact) mass is 418 g/mol. The van der Waals surface area contributed by atoms with E-state index in [2.05, 4.69) is 0 Å². The van der Waals surface area contributed by atoms with Crippen LogP contribution < -0.4 is 0 Å². The number of rotatable bonds is 4. The van der Waals surface area contributed by atoms with E-state index < -0.39 is 23.7 Å². The summed E-state index contributed by atoms with van der Waals surface area (Å²) < 4.78 is 39.1. The third-order valence-electron chi connectivity index (χ3n) is 4.21. The normalized spacial score (nSPS) is 14.9. The molecule has 2 N–H and O–H groups in total. The molecule has 7 nitrogen and oxygen atoms in total. The number of alkyl halides is 3. The Hall–Kier alpha value is -2.62. The van der Waals surface area contributed by atoms with Gasteiger partial charge in [0.15, 0.2) is 0 Å². The average Bonchev–Trinajstić information content (AvgIpc) is 2.61. The van der Waals surface area contributed by atoms with Gasteiger partial charge in [-0.3, -0.25) is 9.69 Å². The molecule has 1 fully saturated rings. The van der Waals surface area contributed by atoms with Gasteiger partial charge in [0.1, 0.15) is 0 Å². The van der Waals surface area contributed by atoms with Crippen LogP contribution in [0.4, 0.5) is 13.2 Å². The first-order valence-corrected chi connectivity index (χ1v) is 9.03. The summed E-state index contributed by atoms with van der Waals surface area (Å²) >= 11 is 0. The number of aliphatic carboxylic acids is 2. The highest BCUT2D eigenvalue weighted by Gasteiger charge is 2.33. The van der Waals surface area contributed by atoms with Gasteiger partial charge in [0, 0.05) is 39.1 Å². The second kappa shape index (κ2) is 10.8. The molecule has 0 spiro atoms. The molecule has 2 rings (SSSR count). The molecule has 162 valence electrons. The summed E-state index contributed by atoms with van der Waals surface area (Å²) in [6, 6.07) is 5.69. The van der Waals surface area contributed by atoms with Crippen molar-refractivity contribution in [2.24, 2.45) is 5.92 Å². The van der Waals surface area contributed by atoms with Gasteiger partial charge in [-0.25, -0.2) is 9.59 Å². The van der Waals surface area contributed by atoms with E-state index in [4.69, 9.17) is 19.8 Å². The van der Waals surface area contributed by atoms with Crippen LogP contribution in [0.25, 0.3) is 0 Å². The number of piperazine rings is 1. The number of carboxylic acid groups (broad SMARTS) is 2. The molecular weight excluding hydrogens is 393 g/mol. The maximum atomic E-state index is 13.0. The summed E-state index contributed by atoms with van der Waals surface area (Å²) in [6.45, 7) is 6.65. The molecule has 10 heteroatoms. The lowest BCUT2D eigenvalue weighted by atomic mass is 10.1. The molecule has 1 aliphatic rings. The van der Waals surface area contributed by atoms with Crippen LogP contribution >= 0.6 is 0 Å². The maximum Gasteiger partial charge on any atom is 0.416 e. The van der Waals surface area contributed by atoms with Crippen LogP contribution in [0, 0.1) is 5.92 Å². The third kappa shape index (κ3) is 8.51. The Labute approximate surface area is 166 Å². The fraction of sp³-hybridized carbons (Fsp3) is 0.526. The summed E-state index contributed by atoms with van der Waals surface area (Å²) in [4.78, 5) is 34.0. The molecule has 29 heavy (non-hydrogen) atoms. The number of hydrogen-bond acceptors (Lipinski definition) is 4. The lowest BCUT2D eigenvalue weighted by Gasteiger charge is -2.35. The first-order chi connectivity index (χ1) is 13.4. The van der Waals surface area contributed by atoms with Gasteiger partial charge < -0.3 is 15.1 Å². The van der Waals surface area contributed by atoms with E-state index in [9.17, 15) is 18.0 Å². The topological polar surface area (TPSA) is 98.2 Å². The van der Waals surface area contributed by atoms with Crippen LogP contribution in [0.5, 0.6) is 0 Å². The Morgan fingerprint density at radius 1 is 1.00 bits per heavy atom. The molecule has 0 saturated carbocycles. The summed E-state index contributed by atoms with van der Waals surface area (Å²) in [5, 5.41) is 14.8. The molecule has 0 aliphatic carbocycles. The highest BCUT2D eigenvalue weighted by molar-refractivity contribution is 6.27. The largest absolute Gasteiger partial charge is 0.473 e.